The molecule has 0 unspecified atom stereocenters. The molecule has 0 saturated carbocycles. The van der Waals surface area contributed by atoms with Gasteiger partial charge in [0.15, 0.2) is 5.71 Å². The Morgan fingerprint density at radius 2 is 1.85 bits per heavy atom. The third-order valence-corrected chi connectivity index (χ3v) is 3.67. The van der Waals surface area contributed by atoms with E-state index in [0.29, 0.717) is 11.3 Å². The fraction of sp³-hybridized carbons (Fsp3) is 0.158. The van der Waals surface area contributed by atoms with Gasteiger partial charge in [-0.25, -0.2) is 0 Å². The molecule has 0 saturated heterocycles. The number of hydrogen-bond acceptors (Lipinski definition) is 4. The maximum atomic E-state index is 12.1. The number of halogens is 2. The van der Waals surface area contributed by atoms with Crippen LogP contribution in [0.5, 0.6) is 5.75 Å². The summed E-state index contributed by atoms with van der Waals surface area (Å²) in [5.74, 6) is 0.334. The van der Waals surface area contributed by atoms with Gasteiger partial charge >= 0.3 is 0 Å². The minimum Gasteiger partial charge on any atom is -0.489 e. The number of nitrogens with zero attached hydrogens (tertiary/aromatic N) is 1. The highest BCUT2D eigenvalue weighted by Crippen LogP contribution is 2.19. The Morgan fingerprint density at radius 3 is 2.46 bits per heavy atom. The summed E-state index contributed by atoms with van der Waals surface area (Å²) < 4.78 is 6.01. The molecule has 0 aliphatic heterocycles. The Morgan fingerprint density at radius 1 is 1.15 bits per heavy atom. The van der Waals surface area contributed by atoms with Crippen molar-refractivity contribution < 1.29 is 14.4 Å². The molecule has 1 N–H and O–H groups in total. The van der Waals surface area contributed by atoms with E-state index in [0.717, 1.165) is 11.1 Å². The molecule has 2 aromatic rings. The van der Waals surface area contributed by atoms with Crippen LogP contribution in [0, 0.1) is 0 Å². The number of rotatable bonds is 7. The van der Waals surface area contributed by atoms with Gasteiger partial charge in [-0.05, 0) is 29.3 Å². The summed E-state index contributed by atoms with van der Waals surface area (Å²) in [6, 6.07) is 14.7. The zero-order valence-electron chi connectivity index (χ0n) is 14.3. The van der Waals surface area contributed by atoms with E-state index >= 15 is 0 Å². The van der Waals surface area contributed by atoms with E-state index in [9.17, 15) is 4.79 Å². The molecule has 0 aromatic heterocycles. The molecule has 136 valence electrons. The highest BCUT2D eigenvalue weighted by molar-refractivity contribution is 6.57. The monoisotopic (exact) mass is 392 g/mol. The van der Waals surface area contributed by atoms with Gasteiger partial charge in [0.1, 0.15) is 24.0 Å². The molecule has 0 radical (unpaired) electrons. The van der Waals surface area contributed by atoms with Crippen molar-refractivity contribution in [3.63, 3.8) is 0 Å². The first-order valence-corrected chi connectivity index (χ1v) is 8.47. The number of hydrogen-bond donors (Lipinski definition) is 1. The fourth-order valence-corrected chi connectivity index (χ4v) is 2.50. The number of oxime groups is 1. The average molecular weight is 393 g/mol. The lowest BCUT2D eigenvalue weighted by atomic mass is 10.0. The molecule has 0 fully saturated rings. The molecule has 2 rings (SSSR count). The molecular weight excluding hydrogens is 375 g/mol. The summed E-state index contributed by atoms with van der Waals surface area (Å²) in [4.78, 5) is 16.9. The molecule has 5 nitrogen and oxygen atoms in total. The molecular formula is C19H18Cl2N2O3. The lowest BCUT2D eigenvalue weighted by Crippen LogP contribution is -2.29. The number of amides is 1. The number of nitrogens with one attached hydrogen (secondary N) is 1. The molecule has 0 atom stereocenters. The lowest BCUT2D eigenvalue weighted by molar-refractivity contribution is -0.114. The van der Waals surface area contributed by atoms with Crippen LogP contribution in [0.15, 0.2) is 58.2 Å². The molecule has 7 heteroatoms. The second-order valence-corrected chi connectivity index (χ2v) is 6.16. The summed E-state index contributed by atoms with van der Waals surface area (Å²) in [7, 11) is 2.93. The van der Waals surface area contributed by atoms with Crippen molar-refractivity contribution in [2.24, 2.45) is 5.16 Å². The second-order valence-electron chi connectivity index (χ2n) is 5.15. The van der Waals surface area contributed by atoms with Crippen molar-refractivity contribution in [2.75, 3.05) is 14.2 Å². The van der Waals surface area contributed by atoms with Gasteiger partial charge in [-0.2, -0.15) is 0 Å². The first kappa shape index (κ1) is 19.8. The summed E-state index contributed by atoms with van der Waals surface area (Å²) in [6.45, 7) is 0.265. The third kappa shape index (κ3) is 5.51. The minimum absolute atomic E-state index is 0.187. The molecule has 1 amide bonds. The Hall–Kier alpha value is -2.50. The van der Waals surface area contributed by atoms with Crippen molar-refractivity contribution >= 4 is 40.9 Å². The van der Waals surface area contributed by atoms with E-state index in [1.165, 1.54) is 14.2 Å². The van der Waals surface area contributed by atoms with Crippen molar-refractivity contribution in [3.8, 4) is 5.75 Å². The van der Waals surface area contributed by atoms with Crippen molar-refractivity contribution in [3.05, 3.63) is 69.7 Å². The van der Waals surface area contributed by atoms with Crippen LogP contribution in [0.1, 0.15) is 16.7 Å². The van der Waals surface area contributed by atoms with Gasteiger partial charge in [0, 0.05) is 12.6 Å². The van der Waals surface area contributed by atoms with E-state index in [1.807, 2.05) is 42.5 Å². The number of ether oxygens (including phenoxy) is 1. The van der Waals surface area contributed by atoms with Gasteiger partial charge in [-0.1, -0.05) is 64.8 Å². The Balaban J connectivity index is 2.19. The SMILES string of the molecule is CNC(=O)/C(=N/OC)c1ccccc1COc1ccc(C=C(Cl)Cl)cc1. The first-order valence-electron chi connectivity index (χ1n) is 7.72. The van der Waals surface area contributed by atoms with Crippen LogP contribution in [0.4, 0.5) is 0 Å². The smallest absolute Gasteiger partial charge is 0.273 e. The van der Waals surface area contributed by atoms with Gasteiger partial charge in [0.2, 0.25) is 0 Å². The maximum Gasteiger partial charge on any atom is 0.273 e. The van der Waals surface area contributed by atoms with Crippen LogP contribution in [0.2, 0.25) is 0 Å². The maximum absolute atomic E-state index is 12.1. The number of carbonyl (C=O) groups is 1. The van der Waals surface area contributed by atoms with Crippen molar-refractivity contribution in [1.82, 2.24) is 5.32 Å². The molecule has 0 bridgehead atoms. The predicted molar refractivity (Wildman–Crippen MR) is 105 cm³/mol. The molecule has 0 heterocycles. The topological polar surface area (TPSA) is 59.9 Å². The molecule has 2 aromatic carbocycles. The summed E-state index contributed by atoms with van der Waals surface area (Å²) in [6.07, 6.45) is 1.64. The normalized spacial score (nSPS) is 10.8. The average Bonchev–Trinajstić information content (AvgIpc) is 2.65. The lowest BCUT2D eigenvalue weighted by Gasteiger charge is -2.12. The van der Waals surface area contributed by atoms with Crippen LogP contribution in [-0.4, -0.2) is 25.8 Å². The molecule has 0 aliphatic carbocycles. The zero-order chi connectivity index (χ0) is 18.9. The van der Waals surface area contributed by atoms with Crippen LogP contribution >= 0.6 is 23.2 Å². The van der Waals surface area contributed by atoms with Gasteiger partial charge in [-0.3, -0.25) is 4.79 Å². The van der Waals surface area contributed by atoms with Gasteiger partial charge in [0.25, 0.3) is 5.91 Å². The van der Waals surface area contributed by atoms with Crippen LogP contribution < -0.4 is 10.1 Å². The Bertz CT molecular complexity index is 814. The zero-order valence-corrected chi connectivity index (χ0v) is 15.8. The van der Waals surface area contributed by atoms with Gasteiger partial charge in [-0.15, -0.1) is 0 Å². The van der Waals surface area contributed by atoms with E-state index in [-0.39, 0.29) is 22.7 Å². The minimum atomic E-state index is -0.339. The highest BCUT2D eigenvalue weighted by Gasteiger charge is 2.17. The quantitative estimate of drug-likeness (QED) is 0.568. The largest absolute Gasteiger partial charge is 0.489 e. The Kier molecular flexibility index (Phi) is 7.51. The van der Waals surface area contributed by atoms with Crippen LogP contribution in [-0.2, 0) is 16.2 Å². The van der Waals surface area contributed by atoms with Crippen molar-refractivity contribution in [2.45, 2.75) is 6.61 Å². The number of likely N-dealkylation sites (N-methyl/N-ethyl adjacent to an activating group) is 1. The summed E-state index contributed by atoms with van der Waals surface area (Å²) >= 11 is 11.3. The van der Waals surface area contributed by atoms with Gasteiger partial charge < -0.3 is 14.9 Å². The standard InChI is InChI=1S/C19H18Cl2N2O3/c1-22-19(24)18(23-25-2)16-6-4-3-5-14(16)12-26-15-9-7-13(8-10-15)11-17(20)21/h3-11H,12H2,1-2H3,(H,22,24)/b23-18+. The fourth-order valence-electron chi connectivity index (χ4n) is 2.25. The second kappa shape index (κ2) is 9.85. The van der Waals surface area contributed by atoms with Gasteiger partial charge in [0.05, 0.1) is 0 Å². The van der Waals surface area contributed by atoms with Crippen LogP contribution in [0.3, 0.4) is 0 Å². The molecule has 0 aliphatic rings. The highest BCUT2D eigenvalue weighted by atomic mass is 35.5. The Labute approximate surface area is 162 Å². The van der Waals surface area contributed by atoms with Crippen LogP contribution in [0.25, 0.3) is 6.08 Å². The third-order valence-electron chi connectivity index (χ3n) is 3.45. The summed E-state index contributed by atoms with van der Waals surface area (Å²) in [5.41, 5.74) is 2.50. The van der Waals surface area contributed by atoms with Crippen molar-refractivity contribution in [1.29, 1.82) is 0 Å². The molecule has 26 heavy (non-hydrogen) atoms. The van der Waals surface area contributed by atoms with E-state index < -0.39 is 0 Å². The predicted octanol–water partition coefficient (Wildman–Crippen LogP) is 4.14. The van der Waals surface area contributed by atoms with E-state index in [1.54, 1.807) is 12.1 Å². The number of carbonyl (C=O) groups excluding carboxylic acids is 1. The first-order chi connectivity index (χ1) is 12.5. The summed E-state index contributed by atoms with van der Waals surface area (Å²) in [5, 5.41) is 6.39. The molecule has 0 spiro atoms. The number of benzene rings is 2. The van der Waals surface area contributed by atoms with E-state index in [2.05, 4.69) is 10.5 Å². The van der Waals surface area contributed by atoms with E-state index in [4.69, 9.17) is 32.8 Å².